The highest BCUT2D eigenvalue weighted by Gasteiger charge is 2.26. The minimum absolute atomic E-state index is 0. The van der Waals surface area contributed by atoms with Crippen molar-refractivity contribution < 1.29 is 4.74 Å². The Bertz CT molecular complexity index is 1110. The molecule has 2 aromatic heterocycles. The SMILES string of the molecule is COc1ccc2nc(/C=C\c3ccncc3)nc(NC3CCCCC3N=C(N)N)c2c1.Cl.Cl.Cl. The van der Waals surface area contributed by atoms with Gasteiger partial charge in [-0.3, -0.25) is 4.98 Å². The van der Waals surface area contributed by atoms with Gasteiger partial charge in [-0.05, 0) is 54.8 Å². The molecule has 0 spiro atoms. The van der Waals surface area contributed by atoms with Crippen molar-refractivity contribution in [1.82, 2.24) is 15.0 Å². The first-order valence-electron chi connectivity index (χ1n) is 10.4. The number of benzene rings is 1. The van der Waals surface area contributed by atoms with Gasteiger partial charge >= 0.3 is 0 Å². The van der Waals surface area contributed by atoms with E-state index in [-0.39, 0.29) is 55.3 Å². The first-order valence-corrected chi connectivity index (χ1v) is 10.4. The van der Waals surface area contributed by atoms with Crippen LogP contribution in [0.3, 0.4) is 0 Å². The predicted octanol–water partition coefficient (Wildman–Crippen LogP) is 4.47. The Kier molecular flexibility index (Phi) is 11.9. The second-order valence-electron chi connectivity index (χ2n) is 7.58. The zero-order valence-corrected chi connectivity index (χ0v) is 21.2. The lowest BCUT2D eigenvalue weighted by Crippen LogP contribution is -2.38. The molecule has 1 aromatic carbocycles. The Morgan fingerprint density at radius 2 is 1.76 bits per heavy atom. The molecule has 4 rings (SSSR count). The number of aliphatic imine (C=N–C) groups is 1. The third-order valence-corrected chi connectivity index (χ3v) is 5.42. The van der Waals surface area contributed by atoms with E-state index >= 15 is 0 Å². The number of guanidine groups is 1. The molecule has 2 unspecified atom stereocenters. The zero-order valence-electron chi connectivity index (χ0n) is 18.8. The Morgan fingerprint density at radius 1 is 1.03 bits per heavy atom. The fourth-order valence-electron chi connectivity index (χ4n) is 3.88. The van der Waals surface area contributed by atoms with Gasteiger partial charge in [0.15, 0.2) is 11.8 Å². The van der Waals surface area contributed by atoms with Crippen molar-refractivity contribution in [1.29, 1.82) is 0 Å². The van der Waals surface area contributed by atoms with E-state index in [1.165, 1.54) is 0 Å². The van der Waals surface area contributed by atoms with Gasteiger partial charge in [0.25, 0.3) is 0 Å². The maximum absolute atomic E-state index is 5.67. The average molecular weight is 527 g/mol. The molecule has 1 aliphatic carbocycles. The number of nitrogens with zero attached hydrogens (tertiary/aromatic N) is 4. The number of anilines is 1. The molecule has 11 heteroatoms. The van der Waals surface area contributed by atoms with Crippen molar-refractivity contribution in [3.8, 4) is 5.75 Å². The number of fused-ring (bicyclic) bond motifs is 1. The molecular formula is C23H30Cl3N7O. The fraction of sp³-hybridized carbons (Fsp3) is 0.304. The highest BCUT2D eigenvalue weighted by atomic mass is 35.5. The van der Waals surface area contributed by atoms with Crippen LogP contribution in [0.25, 0.3) is 23.1 Å². The number of pyridine rings is 1. The summed E-state index contributed by atoms with van der Waals surface area (Å²) < 4.78 is 5.42. The van der Waals surface area contributed by atoms with Crippen molar-refractivity contribution in [3.63, 3.8) is 0 Å². The normalized spacial score (nSPS) is 17.1. The van der Waals surface area contributed by atoms with Crippen LogP contribution in [0.15, 0.2) is 47.7 Å². The number of aromatic nitrogens is 3. The molecule has 5 N–H and O–H groups in total. The molecule has 1 fully saturated rings. The van der Waals surface area contributed by atoms with Gasteiger partial charge in [-0.15, -0.1) is 37.2 Å². The van der Waals surface area contributed by atoms with Crippen molar-refractivity contribution in [3.05, 3.63) is 54.1 Å². The summed E-state index contributed by atoms with van der Waals surface area (Å²) in [6, 6.07) is 9.78. The van der Waals surface area contributed by atoms with Crippen molar-refractivity contribution in [2.45, 2.75) is 37.8 Å². The smallest absolute Gasteiger partial charge is 0.186 e. The third kappa shape index (κ3) is 7.35. The lowest BCUT2D eigenvalue weighted by molar-refractivity contribution is 0.405. The maximum atomic E-state index is 5.67. The number of methoxy groups -OCH3 is 1. The molecule has 0 bridgehead atoms. The van der Waals surface area contributed by atoms with Crippen molar-refractivity contribution >= 4 is 72.1 Å². The molecule has 184 valence electrons. The van der Waals surface area contributed by atoms with Crippen LogP contribution in [0.2, 0.25) is 0 Å². The van der Waals surface area contributed by atoms with E-state index < -0.39 is 0 Å². The van der Waals surface area contributed by atoms with Crippen LogP contribution in [-0.4, -0.2) is 40.1 Å². The number of ether oxygens (including phenoxy) is 1. The molecule has 1 saturated carbocycles. The van der Waals surface area contributed by atoms with E-state index in [1.54, 1.807) is 19.5 Å². The highest BCUT2D eigenvalue weighted by Crippen LogP contribution is 2.29. The van der Waals surface area contributed by atoms with E-state index in [4.69, 9.17) is 26.2 Å². The number of rotatable bonds is 6. The largest absolute Gasteiger partial charge is 0.497 e. The van der Waals surface area contributed by atoms with Gasteiger partial charge in [0.05, 0.1) is 24.7 Å². The number of hydrogen-bond donors (Lipinski definition) is 3. The Morgan fingerprint density at radius 3 is 2.47 bits per heavy atom. The molecule has 2 atom stereocenters. The van der Waals surface area contributed by atoms with Crippen LogP contribution >= 0.6 is 37.2 Å². The van der Waals surface area contributed by atoms with Gasteiger partial charge in [0, 0.05) is 17.8 Å². The number of halogens is 3. The van der Waals surface area contributed by atoms with Gasteiger partial charge in [0.2, 0.25) is 0 Å². The van der Waals surface area contributed by atoms with Crippen molar-refractivity contribution in [2.75, 3.05) is 12.4 Å². The minimum atomic E-state index is 0. The molecule has 0 aliphatic heterocycles. The number of nitrogens with one attached hydrogen (secondary N) is 1. The van der Waals surface area contributed by atoms with Crippen LogP contribution in [0.1, 0.15) is 37.1 Å². The molecule has 0 saturated heterocycles. The molecule has 8 nitrogen and oxygen atoms in total. The molecule has 1 aliphatic rings. The summed E-state index contributed by atoms with van der Waals surface area (Å²) in [6.07, 6.45) is 11.5. The van der Waals surface area contributed by atoms with Crippen LogP contribution in [-0.2, 0) is 0 Å². The van der Waals surface area contributed by atoms with E-state index in [9.17, 15) is 0 Å². The number of nitrogens with two attached hydrogens (primary N) is 2. The van der Waals surface area contributed by atoms with Crippen molar-refractivity contribution in [2.24, 2.45) is 16.5 Å². The maximum Gasteiger partial charge on any atom is 0.186 e. The Hall–Kier alpha value is -2.81. The van der Waals surface area contributed by atoms with E-state index in [1.807, 2.05) is 42.5 Å². The molecule has 0 radical (unpaired) electrons. The Labute approximate surface area is 217 Å². The molecular weight excluding hydrogens is 497 g/mol. The second kappa shape index (κ2) is 13.8. The van der Waals surface area contributed by atoms with E-state index in [2.05, 4.69) is 15.3 Å². The Balaban J connectivity index is 0.00000193. The van der Waals surface area contributed by atoms with Gasteiger partial charge in [-0.2, -0.15) is 0 Å². The molecule has 0 amide bonds. The molecule has 2 heterocycles. The second-order valence-corrected chi connectivity index (χ2v) is 7.58. The quantitative estimate of drug-likeness (QED) is 0.320. The lowest BCUT2D eigenvalue weighted by atomic mass is 9.90. The summed E-state index contributed by atoms with van der Waals surface area (Å²) in [5.41, 5.74) is 13.2. The molecule has 34 heavy (non-hydrogen) atoms. The third-order valence-electron chi connectivity index (χ3n) is 5.42. The molecule has 3 aromatic rings. The summed E-state index contributed by atoms with van der Waals surface area (Å²) in [5, 5.41) is 4.50. The summed E-state index contributed by atoms with van der Waals surface area (Å²) in [4.78, 5) is 18.0. The van der Waals surface area contributed by atoms with Crippen LogP contribution < -0.4 is 21.5 Å². The van der Waals surface area contributed by atoms with Gasteiger partial charge < -0.3 is 21.5 Å². The fourth-order valence-corrected chi connectivity index (χ4v) is 3.88. The minimum Gasteiger partial charge on any atom is -0.497 e. The van der Waals surface area contributed by atoms with Crippen LogP contribution in [0, 0.1) is 0 Å². The van der Waals surface area contributed by atoms with Gasteiger partial charge in [-0.1, -0.05) is 18.9 Å². The first-order chi connectivity index (χ1) is 15.1. The van der Waals surface area contributed by atoms with E-state index in [0.29, 0.717) is 5.82 Å². The monoisotopic (exact) mass is 525 g/mol. The zero-order chi connectivity index (χ0) is 21.6. The first kappa shape index (κ1) is 29.2. The summed E-state index contributed by atoms with van der Waals surface area (Å²) >= 11 is 0. The van der Waals surface area contributed by atoms with Crippen LogP contribution in [0.5, 0.6) is 5.75 Å². The van der Waals surface area contributed by atoms with Gasteiger partial charge in [0.1, 0.15) is 11.6 Å². The lowest BCUT2D eigenvalue weighted by Gasteiger charge is -2.30. The topological polar surface area (TPSA) is 124 Å². The summed E-state index contributed by atoms with van der Waals surface area (Å²) in [5.74, 6) is 2.24. The van der Waals surface area contributed by atoms with Crippen LogP contribution in [0.4, 0.5) is 5.82 Å². The predicted molar refractivity (Wildman–Crippen MR) is 146 cm³/mol. The number of hydrogen-bond acceptors (Lipinski definition) is 6. The van der Waals surface area contributed by atoms with E-state index in [0.717, 1.165) is 53.7 Å². The summed E-state index contributed by atoms with van der Waals surface area (Å²) in [7, 11) is 1.65. The average Bonchev–Trinajstić information content (AvgIpc) is 2.79. The standard InChI is InChI=1S/C23H27N7O.3ClH/c1-31-16-7-8-18-17(14-16)22(28-19-4-2-3-5-20(19)29-23(24)25)30-21(27-18)9-6-15-10-12-26-13-11-15;;;/h6-14,19-20H,2-5H2,1H3,(H4,24,25,29)(H,27,28,30);3*1H/b9-6-;;;. The highest BCUT2D eigenvalue weighted by molar-refractivity contribution is 5.91. The van der Waals surface area contributed by atoms with Gasteiger partial charge in [-0.25, -0.2) is 15.0 Å². The summed E-state index contributed by atoms with van der Waals surface area (Å²) in [6.45, 7) is 0.